The van der Waals surface area contributed by atoms with Crippen LogP contribution in [-0.2, 0) is 0 Å². The molecule has 0 saturated carbocycles. The average Bonchev–Trinajstić information content (AvgIpc) is 2.71. The van der Waals surface area contributed by atoms with Crippen LogP contribution in [0.25, 0.3) is 5.69 Å². The van der Waals surface area contributed by atoms with Crippen LogP contribution in [0, 0.1) is 6.92 Å². The van der Waals surface area contributed by atoms with Crippen molar-refractivity contribution in [3.05, 3.63) is 41.7 Å². The maximum atomic E-state index is 11.0. The van der Waals surface area contributed by atoms with Gasteiger partial charge in [-0.3, -0.25) is 0 Å². The van der Waals surface area contributed by atoms with Gasteiger partial charge in [-0.1, -0.05) is 13.8 Å². The van der Waals surface area contributed by atoms with Crippen LogP contribution >= 0.6 is 11.8 Å². The number of benzene rings is 1. The lowest BCUT2D eigenvalue weighted by Crippen LogP contribution is -2.02. The van der Waals surface area contributed by atoms with Gasteiger partial charge in [-0.25, -0.2) is 9.48 Å². The summed E-state index contributed by atoms with van der Waals surface area (Å²) in [6, 6.07) is 7.97. The van der Waals surface area contributed by atoms with Crippen LogP contribution in [0.4, 0.5) is 0 Å². The third kappa shape index (κ3) is 2.98. The van der Waals surface area contributed by atoms with Crippen molar-refractivity contribution < 1.29 is 9.90 Å². The molecule has 1 aromatic heterocycles. The largest absolute Gasteiger partial charge is 0.478 e. The van der Waals surface area contributed by atoms with Gasteiger partial charge < -0.3 is 5.11 Å². The van der Waals surface area contributed by atoms with E-state index >= 15 is 0 Å². The Kier molecular flexibility index (Phi) is 3.95. The number of hydrogen-bond donors (Lipinski definition) is 1. The molecule has 100 valence electrons. The normalized spacial score (nSPS) is 10.9. The van der Waals surface area contributed by atoms with Crippen molar-refractivity contribution in [3.8, 4) is 5.69 Å². The van der Waals surface area contributed by atoms with Crippen molar-refractivity contribution in [3.63, 3.8) is 0 Å². The number of carbonyl (C=O) groups is 1. The van der Waals surface area contributed by atoms with Gasteiger partial charge in [0.25, 0.3) is 0 Å². The Hall–Kier alpha value is -1.75. The number of thioether (sulfide) groups is 1. The van der Waals surface area contributed by atoms with Crippen LogP contribution < -0.4 is 0 Å². The lowest BCUT2D eigenvalue weighted by atomic mass is 10.2. The highest BCUT2D eigenvalue weighted by molar-refractivity contribution is 7.99. The maximum absolute atomic E-state index is 11.0. The van der Waals surface area contributed by atoms with Crippen LogP contribution in [0.5, 0.6) is 0 Å². The van der Waals surface area contributed by atoms with Crippen LogP contribution in [0.1, 0.15) is 29.9 Å². The maximum Gasteiger partial charge on any atom is 0.339 e. The lowest BCUT2D eigenvalue weighted by molar-refractivity contribution is 0.0696. The number of nitrogens with zero attached hydrogens (tertiary/aromatic N) is 2. The summed E-state index contributed by atoms with van der Waals surface area (Å²) >= 11 is 1.79. The van der Waals surface area contributed by atoms with Crippen LogP contribution in [0.2, 0.25) is 0 Å². The molecule has 0 aliphatic rings. The molecule has 1 aromatic carbocycles. The summed E-state index contributed by atoms with van der Waals surface area (Å²) in [6.45, 7) is 6.05. The molecule has 0 radical (unpaired) electrons. The predicted octanol–water partition coefficient (Wildman–Crippen LogP) is 3.38. The first-order chi connectivity index (χ1) is 8.99. The zero-order chi connectivity index (χ0) is 14.0. The molecule has 0 unspecified atom stereocenters. The predicted molar refractivity (Wildman–Crippen MR) is 76.3 cm³/mol. The monoisotopic (exact) mass is 276 g/mol. The van der Waals surface area contributed by atoms with E-state index in [9.17, 15) is 4.79 Å². The second-order valence-corrected chi connectivity index (χ2v) is 6.17. The minimum atomic E-state index is -0.948. The molecule has 5 heteroatoms. The molecule has 19 heavy (non-hydrogen) atoms. The Balaban J connectivity index is 2.30. The minimum absolute atomic E-state index is 0.237. The zero-order valence-corrected chi connectivity index (χ0v) is 11.9. The molecule has 4 nitrogen and oxygen atoms in total. The second-order valence-electron chi connectivity index (χ2n) is 4.52. The van der Waals surface area contributed by atoms with E-state index in [1.54, 1.807) is 23.4 Å². The first-order valence-corrected chi connectivity index (χ1v) is 6.92. The minimum Gasteiger partial charge on any atom is -0.478 e. The van der Waals surface area contributed by atoms with E-state index in [4.69, 9.17) is 5.11 Å². The quantitative estimate of drug-likeness (QED) is 0.870. The lowest BCUT2D eigenvalue weighted by Gasteiger charge is -2.08. The van der Waals surface area contributed by atoms with Crippen molar-refractivity contribution in [2.45, 2.75) is 30.9 Å². The Morgan fingerprint density at radius 2 is 1.95 bits per heavy atom. The van der Waals surface area contributed by atoms with Gasteiger partial charge in [0.05, 0.1) is 17.6 Å². The highest BCUT2D eigenvalue weighted by atomic mass is 32.2. The van der Waals surface area contributed by atoms with Gasteiger partial charge in [0, 0.05) is 10.1 Å². The van der Waals surface area contributed by atoms with Gasteiger partial charge in [-0.2, -0.15) is 5.10 Å². The SMILES string of the molecule is Cc1c(C(=O)O)cnn1-c1ccc(SC(C)C)cc1. The Morgan fingerprint density at radius 1 is 1.32 bits per heavy atom. The van der Waals surface area contributed by atoms with Gasteiger partial charge in [-0.15, -0.1) is 11.8 Å². The fraction of sp³-hybridized carbons (Fsp3) is 0.286. The highest BCUT2D eigenvalue weighted by Gasteiger charge is 2.13. The first-order valence-electron chi connectivity index (χ1n) is 6.04. The van der Waals surface area contributed by atoms with Gasteiger partial charge in [0.1, 0.15) is 5.56 Å². The van der Waals surface area contributed by atoms with E-state index in [2.05, 4.69) is 18.9 Å². The van der Waals surface area contributed by atoms with Crippen molar-refractivity contribution in [2.75, 3.05) is 0 Å². The highest BCUT2D eigenvalue weighted by Crippen LogP contribution is 2.24. The first kappa shape index (κ1) is 13.7. The van der Waals surface area contributed by atoms with Gasteiger partial charge in [0.15, 0.2) is 0 Å². The number of carboxylic acid groups (broad SMARTS) is 1. The Labute approximate surface area is 116 Å². The molecule has 0 atom stereocenters. The molecule has 2 rings (SSSR count). The smallest absolute Gasteiger partial charge is 0.339 e. The van der Waals surface area contributed by atoms with Gasteiger partial charge >= 0.3 is 5.97 Å². The zero-order valence-electron chi connectivity index (χ0n) is 11.1. The molecule has 1 N–H and O–H groups in total. The third-order valence-electron chi connectivity index (χ3n) is 2.69. The number of hydrogen-bond acceptors (Lipinski definition) is 3. The number of aromatic nitrogens is 2. The summed E-state index contributed by atoms with van der Waals surface area (Å²) in [7, 11) is 0. The van der Waals surface area contributed by atoms with E-state index in [0.29, 0.717) is 10.9 Å². The third-order valence-corrected chi connectivity index (χ3v) is 3.71. The van der Waals surface area contributed by atoms with E-state index in [1.165, 1.54) is 11.1 Å². The molecule has 0 amide bonds. The fourth-order valence-corrected chi connectivity index (χ4v) is 2.66. The summed E-state index contributed by atoms with van der Waals surface area (Å²) in [6.07, 6.45) is 1.38. The molecular formula is C14H16N2O2S. The summed E-state index contributed by atoms with van der Waals surface area (Å²) in [5, 5.41) is 13.7. The molecule has 0 spiro atoms. The average molecular weight is 276 g/mol. The van der Waals surface area contributed by atoms with Gasteiger partial charge in [0.2, 0.25) is 0 Å². The second kappa shape index (κ2) is 5.48. The Bertz CT molecular complexity index is 588. The topological polar surface area (TPSA) is 55.1 Å². The van der Waals surface area contributed by atoms with E-state index in [-0.39, 0.29) is 5.56 Å². The fourth-order valence-electron chi connectivity index (χ4n) is 1.82. The van der Waals surface area contributed by atoms with E-state index < -0.39 is 5.97 Å². The van der Waals surface area contributed by atoms with Crippen molar-refractivity contribution in [1.82, 2.24) is 9.78 Å². The van der Waals surface area contributed by atoms with Crippen LogP contribution in [0.3, 0.4) is 0 Å². The summed E-state index contributed by atoms with van der Waals surface area (Å²) < 4.78 is 1.65. The number of aromatic carboxylic acids is 1. The van der Waals surface area contributed by atoms with E-state index in [0.717, 1.165) is 5.69 Å². The van der Waals surface area contributed by atoms with Crippen molar-refractivity contribution in [1.29, 1.82) is 0 Å². The summed E-state index contributed by atoms with van der Waals surface area (Å²) in [5.41, 5.74) is 1.75. The summed E-state index contributed by atoms with van der Waals surface area (Å²) in [5.74, 6) is -0.948. The molecular weight excluding hydrogens is 260 g/mol. The molecule has 0 saturated heterocycles. The number of carboxylic acids is 1. The number of rotatable bonds is 4. The summed E-state index contributed by atoms with van der Waals surface area (Å²) in [4.78, 5) is 12.2. The molecule has 1 heterocycles. The molecule has 0 fully saturated rings. The van der Waals surface area contributed by atoms with Gasteiger partial charge in [-0.05, 0) is 31.2 Å². The Morgan fingerprint density at radius 3 is 2.42 bits per heavy atom. The van der Waals surface area contributed by atoms with E-state index in [1.807, 2.05) is 24.3 Å². The molecule has 0 aliphatic carbocycles. The molecule has 0 bridgehead atoms. The van der Waals surface area contributed by atoms with Crippen LogP contribution in [0.15, 0.2) is 35.4 Å². The van der Waals surface area contributed by atoms with Crippen LogP contribution in [-0.4, -0.2) is 26.1 Å². The van der Waals surface area contributed by atoms with Crippen molar-refractivity contribution >= 4 is 17.7 Å². The van der Waals surface area contributed by atoms with Crippen molar-refractivity contribution in [2.24, 2.45) is 0 Å². The standard InChI is InChI=1S/C14H16N2O2S/c1-9(2)19-12-6-4-11(5-7-12)16-10(3)13(8-15-16)14(17)18/h4-9H,1-3H3,(H,17,18). The molecule has 2 aromatic rings. The molecule has 0 aliphatic heterocycles.